The van der Waals surface area contributed by atoms with Crippen molar-refractivity contribution in [3.63, 3.8) is 0 Å². The van der Waals surface area contributed by atoms with Crippen LogP contribution in [0.2, 0.25) is 0 Å². The van der Waals surface area contributed by atoms with Crippen molar-refractivity contribution in [1.29, 1.82) is 0 Å². The predicted octanol–water partition coefficient (Wildman–Crippen LogP) is 15.6. The van der Waals surface area contributed by atoms with Crippen LogP contribution in [0.4, 0.5) is 0 Å². The van der Waals surface area contributed by atoms with E-state index in [0.29, 0.717) is 12.8 Å². The number of aliphatic hydroxyl groups excluding tert-OH is 8. The largest absolute Gasteiger partial charge is 0.394 e. The summed E-state index contributed by atoms with van der Waals surface area (Å²) in [6, 6.07) is -0.829. The molecule has 89 heavy (non-hydrogen) atoms. The van der Waals surface area contributed by atoms with Gasteiger partial charge in [-0.05, 0) is 57.8 Å². The number of carbonyl (C=O) groups excluding carboxylic acids is 1. The van der Waals surface area contributed by atoms with Crippen LogP contribution in [-0.2, 0) is 23.7 Å². The summed E-state index contributed by atoms with van der Waals surface area (Å²) in [6.45, 7) is 2.79. The molecular formula is C75H137NO13. The third-order valence-corrected chi connectivity index (χ3v) is 18.0. The second-order valence-electron chi connectivity index (χ2n) is 26.0. The van der Waals surface area contributed by atoms with Crippen LogP contribution in [-0.4, -0.2) is 140 Å². The van der Waals surface area contributed by atoms with Crippen molar-refractivity contribution in [2.24, 2.45) is 0 Å². The van der Waals surface area contributed by atoms with Crippen LogP contribution in [0.5, 0.6) is 0 Å². The summed E-state index contributed by atoms with van der Waals surface area (Å²) in [5.74, 6) is -0.202. The molecule has 1 amide bonds. The zero-order valence-corrected chi connectivity index (χ0v) is 56.7. The van der Waals surface area contributed by atoms with E-state index in [9.17, 15) is 45.6 Å². The van der Waals surface area contributed by atoms with Crippen LogP contribution in [0.3, 0.4) is 0 Å². The van der Waals surface area contributed by atoms with Gasteiger partial charge in [-0.1, -0.05) is 312 Å². The summed E-state index contributed by atoms with van der Waals surface area (Å²) < 4.78 is 22.9. The van der Waals surface area contributed by atoms with Gasteiger partial charge >= 0.3 is 0 Å². The van der Waals surface area contributed by atoms with E-state index >= 15 is 0 Å². The predicted molar refractivity (Wildman–Crippen MR) is 364 cm³/mol. The molecule has 2 saturated heterocycles. The molecule has 12 atom stereocenters. The summed E-state index contributed by atoms with van der Waals surface area (Å²) in [4.78, 5) is 13.4. The fourth-order valence-electron chi connectivity index (χ4n) is 12.2. The molecule has 9 N–H and O–H groups in total. The van der Waals surface area contributed by atoms with Crippen molar-refractivity contribution in [3.8, 4) is 0 Å². The van der Waals surface area contributed by atoms with E-state index in [2.05, 4.69) is 79.9 Å². The number of nitrogens with one attached hydrogen (secondary N) is 1. The summed E-state index contributed by atoms with van der Waals surface area (Å²) in [5.41, 5.74) is 0. The van der Waals surface area contributed by atoms with Crippen LogP contribution in [0.15, 0.2) is 60.8 Å². The Labute approximate surface area is 543 Å². The van der Waals surface area contributed by atoms with Gasteiger partial charge in [0.15, 0.2) is 12.6 Å². The number of amides is 1. The lowest BCUT2D eigenvalue weighted by molar-refractivity contribution is -0.359. The summed E-state index contributed by atoms with van der Waals surface area (Å²) >= 11 is 0. The first kappa shape index (κ1) is 82.8. The Bertz CT molecular complexity index is 1720. The van der Waals surface area contributed by atoms with Crippen molar-refractivity contribution in [2.75, 3.05) is 19.8 Å². The zero-order chi connectivity index (χ0) is 64.5. The van der Waals surface area contributed by atoms with Gasteiger partial charge < -0.3 is 65.1 Å². The monoisotopic (exact) mass is 1260 g/mol. The maximum Gasteiger partial charge on any atom is 0.220 e. The fraction of sp³-hybridized carbons (Fsp3) is 0.853. The number of carbonyl (C=O) groups is 1. The number of ether oxygens (including phenoxy) is 4. The molecule has 0 spiro atoms. The van der Waals surface area contributed by atoms with Gasteiger partial charge in [0, 0.05) is 6.42 Å². The van der Waals surface area contributed by atoms with Crippen LogP contribution in [0, 0.1) is 0 Å². The Morgan fingerprint density at radius 1 is 0.416 bits per heavy atom. The lowest BCUT2D eigenvalue weighted by Gasteiger charge is -2.46. The molecule has 0 aromatic rings. The van der Waals surface area contributed by atoms with Crippen LogP contribution in [0.1, 0.15) is 316 Å². The van der Waals surface area contributed by atoms with E-state index in [-0.39, 0.29) is 12.5 Å². The molecule has 2 aliphatic heterocycles. The van der Waals surface area contributed by atoms with Crippen molar-refractivity contribution in [1.82, 2.24) is 5.32 Å². The first-order chi connectivity index (χ1) is 43.6. The first-order valence-corrected chi connectivity index (χ1v) is 37.0. The van der Waals surface area contributed by atoms with Gasteiger partial charge in [-0.15, -0.1) is 0 Å². The summed E-state index contributed by atoms with van der Waals surface area (Å²) in [6.07, 6.45) is 62.5. The lowest BCUT2D eigenvalue weighted by atomic mass is 9.97. The summed E-state index contributed by atoms with van der Waals surface area (Å²) in [5, 5.41) is 87.6. The van der Waals surface area contributed by atoms with Crippen molar-refractivity contribution < 1.29 is 64.6 Å². The molecule has 2 aliphatic rings. The highest BCUT2D eigenvalue weighted by Gasteiger charge is 2.51. The smallest absolute Gasteiger partial charge is 0.220 e. The molecular weight excluding hydrogens is 1120 g/mol. The second kappa shape index (κ2) is 59.4. The third kappa shape index (κ3) is 43.3. The topological polar surface area (TPSA) is 228 Å². The Morgan fingerprint density at radius 2 is 0.775 bits per heavy atom. The number of unbranched alkanes of at least 4 members (excludes halogenated alkanes) is 38. The Balaban J connectivity index is 1.59. The number of rotatable bonds is 61. The molecule has 0 aromatic heterocycles. The third-order valence-electron chi connectivity index (χ3n) is 18.0. The quantitative estimate of drug-likeness (QED) is 0.0204. The average molecular weight is 1260 g/mol. The maximum atomic E-state index is 13.4. The van der Waals surface area contributed by atoms with E-state index < -0.39 is 86.8 Å². The first-order valence-electron chi connectivity index (χ1n) is 37.0. The average Bonchev–Trinajstić information content (AvgIpc) is 1.44. The zero-order valence-electron chi connectivity index (χ0n) is 56.7. The van der Waals surface area contributed by atoms with Crippen molar-refractivity contribution >= 4 is 5.91 Å². The molecule has 0 aliphatic carbocycles. The molecule has 2 rings (SSSR count). The molecule has 0 radical (unpaired) electrons. The van der Waals surface area contributed by atoms with Crippen molar-refractivity contribution in [3.05, 3.63) is 60.8 Å². The van der Waals surface area contributed by atoms with Crippen molar-refractivity contribution in [2.45, 2.75) is 389 Å². The normalized spacial score (nSPS) is 23.3. The van der Waals surface area contributed by atoms with Gasteiger partial charge in [0.25, 0.3) is 0 Å². The standard InChI is InChI=1S/C75H137NO13/c1-3-5-7-9-11-13-15-17-19-21-23-24-25-26-27-28-29-30-31-32-33-34-35-36-37-38-39-40-41-43-45-47-49-51-53-55-57-59-67(80)76-63(64(79)58-56-54-52-50-48-46-44-42-22-20-18-16-14-12-10-8-6-4-2)62-86-74-72(85)70(83)73(66(61-78)88-74)89-75-71(84)69(82)68(81)65(60-77)87-75/h5,7,11,13,17,19,23-24,26-27,63-66,68-75,77-79,81-85H,3-4,6,8-10,12,14-16,18,20-22,25,28-62H2,1-2H3,(H,76,80)/b7-5-,13-11-,19-17-,24-23-,27-26-. The fourth-order valence-corrected chi connectivity index (χ4v) is 12.2. The van der Waals surface area contributed by atoms with E-state index in [1.165, 1.54) is 205 Å². The van der Waals surface area contributed by atoms with E-state index in [1.54, 1.807) is 0 Å². The highest BCUT2D eigenvalue weighted by Crippen LogP contribution is 2.30. The molecule has 0 bridgehead atoms. The summed E-state index contributed by atoms with van der Waals surface area (Å²) in [7, 11) is 0. The molecule has 14 nitrogen and oxygen atoms in total. The van der Waals surface area contributed by atoms with E-state index in [1.807, 2.05) is 0 Å². The van der Waals surface area contributed by atoms with Crippen LogP contribution >= 0.6 is 0 Å². The van der Waals surface area contributed by atoms with Gasteiger partial charge in [0.1, 0.15) is 48.8 Å². The molecule has 2 fully saturated rings. The van der Waals surface area contributed by atoms with Gasteiger partial charge in [-0.25, -0.2) is 0 Å². The van der Waals surface area contributed by atoms with Gasteiger partial charge in [-0.2, -0.15) is 0 Å². The van der Waals surface area contributed by atoms with Gasteiger partial charge in [0.05, 0.1) is 32.0 Å². The molecule has 0 aromatic carbocycles. The Kier molecular flexibility index (Phi) is 55.3. The lowest BCUT2D eigenvalue weighted by Crippen LogP contribution is -2.65. The van der Waals surface area contributed by atoms with E-state index in [4.69, 9.17) is 18.9 Å². The molecule has 12 unspecified atom stereocenters. The van der Waals surface area contributed by atoms with Crippen LogP contribution in [0.25, 0.3) is 0 Å². The van der Waals surface area contributed by atoms with Crippen LogP contribution < -0.4 is 5.32 Å². The highest BCUT2D eigenvalue weighted by atomic mass is 16.7. The number of allylic oxidation sites excluding steroid dienone is 10. The van der Waals surface area contributed by atoms with Gasteiger partial charge in [-0.3, -0.25) is 4.79 Å². The second-order valence-corrected chi connectivity index (χ2v) is 26.0. The minimum absolute atomic E-state index is 0.202. The number of aliphatic hydroxyl groups is 8. The Hall–Kier alpha value is -2.31. The SMILES string of the molecule is CC/C=C\C/C=C\C/C=C\C/C=C\C/C=C\CCCCCCCCCCCCCCCCCCCCCCCC(=O)NC(COC1OC(CO)C(OC2OC(CO)C(O)C(O)C2O)C(O)C1O)C(O)CCCCCCCCCCCCCCCCCCCC. The van der Waals surface area contributed by atoms with E-state index in [0.717, 1.165) is 83.5 Å². The molecule has 2 heterocycles. The number of hydrogen-bond donors (Lipinski definition) is 9. The van der Waals surface area contributed by atoms with Gasteiger partial charge in [0.2, 0.25) is 5.91 Å². The minimum atomic E-state index is -1.78. The Morgan fingerprint density at radius 3 is 1.19 bits per heavy atom. The molecule has 14 heteroatoms. The minimum Gasteiger partial charge on any atom is -0.394 e. The highest BCUT2D eigenvalue weighted by molar-refractivity contribution is 5.76. The molecule has 520 valence electrons. The molecule has 0 saturated carbocycles. The number of hydrogen-bond acceptors (Lipinski definition) is 13. The maximum absolute atomic E-state index is 13.4.